The molecule has 0 aliphatic carbocycles. The van der Waals surface area contributed by atoms with Crippen LogP contribution in [0.15, 0.2) is 12.7 Å². The molecule has 7 heavy (non-hydrogen) atoms. The standard InChI is InChI=1S/C5H9FO/c1-2-5(7)3-4-6/h2,5,7H,1,3-4H2. The fourth-order valence-corrected chi connectivity index (χ4v) is 0.230. The molecule has 0 bridgehead atoms. The summed E-state index contributed by atoms with van der Waals surface area (Å²) in [5.41, 5.74) is 0. The summed E-state index contributed by atoms with van der Waals surface area (Å²) < 4.78 is 11.2. The van der Waals surface area contributed by atoms with Crippen LogP contribution in [0.3, 0.4) is 0 Å². The molecule has 0 heterocycles. The Balaban J connectivity index is 2.98. The van der Waals surface area contributed by atoms with Gasteiger partial charge in [-0.3, -0.25) is 4.39 Å². The highest BCUT2D eigenvalue weighted by Crippen LogP contribution is 1.90. The third-order valence-electron chi connectivity index (χ3n) is 0.677. The van der Waals surface area contributed by atoms with Crippen LogP contribution in [-0.4, -0.2) is 17.9 Å². The summed E-state index contributed by atoms with van der Waals surface area (Å²) in [4.78, 5) is 0. The third-order valence-corrected chi connectivity index (χ3v) is 0.677. The molecule has 0 amide bonds. The second-order valence-electron chi connectivity index (χ2n) is 1.28. The molecule has 0 radical (unpaired) electrons. The molecule has 0 saturated carbocycles. The van der Waals surface area contributed by atoms with Crippen molar-refractivity contribution >= 4 is 0 Å². The highest BCUT2D eigenvalue weighted by atomic mass is 19.1. The first-order chi connectivity index (χ1) is 3.31. The Labute approximate surface area is 42.5 Å². The van der Waals surface area contributed by atoms with Gasteiger partial charge in [-0.25, -0.2) is 0 Å². The molecule has 0 aliphatic heterocycles. The lowest BCUT2D eigenvalue weighted by atomic mass is 10.3. The predicted octanol–water partition coefficient (Wildman–Crippen LogP) is 0.893. The molecule has 0 saturated heterocycles. The van der Waals surface area contributed by atoms with Gasteiger partial charge in [0.2, 0.25) is 0 Å². The van der Waals surface area contributed by atoms with Crippen LogP contribution in [0, 0.1) is 0 Å². The van der Waals surface area contributed by atoms with E-state index in [1.54, 1.807) is 0 Å². The van der Waals surface area contributed by atoms with Gasteiger partial charge in [0.25, 0.3) is 0 Å². The van der Waals surface area contributed by atoms with Crippen molar-refractivity contribution in [2.24, 2.45) is 0 Å². The van der Waals surface area contributed by atoms with Crippen LogP contribution < -0.4 is 0 Å². The maximum absolute atomic E-state index is 11.2. The van der Waals surface area contributed by atoms with Crippen LogP contribution in [-0.2, 0) is 0 Å². The zero-order chi connectivity index (χ0) is 5.70. The summed E-state index contributed by atoms with van der Waals surface area (Å²) in [6, 6.07) is 0. The number of aliphatic hydroxyl groups is 1. The first-order valence-electron chi connectivity index (χ1n) is 2.18. The molecule has 0 aromatic heterocycles. The summed E-state index contributed by atoms with van der Waals surface area (Å²) in [6.07, 6.45) is 0.827. The van der Waals surface area contributed by atoms with Crippen molar-refractivity contribution in [3.8, 4) is 0 Å². The van der Waals surface area contributed by atoms with Gasteiger partial charge in [-0.1, -0.05) is 6.08 Å². The molecule has 1 nitrogen and oxygen atoms in total. The number of halogens is 1. The molecular formula is C5H9FO. The molecule has 0 spiro atoms. The Hall–Kier alpha value is -0.370. The number of alkyl halides is 1. The van der Waals surface area contributed by atoms with Crippen molar-refractivity contribution in [1.29, 1.82) is 0 Å². The van der Waals surface area contributed by atoms with E-state index in [1.165, 1.54) is 6.08 Å². The maximum atomic E-state index is 11.2. The minimum atomic E-state index is -0.662. The quantitative estimate of drug-likeness (QED) is 0.527. The molecule has 2 heteroatoms. The lowest BCUT2D eigenvalue weighted by molar-refractivity contribution is 0.199. The Morgan fingerprint density at radius 1 is 1.86 bits per heavy atom. The van der Waals surface area contributed by atoms with Crippen LogP contribution in [0.4, 0.5) is 4.39 Å². The van der Waals surface area contributed by atoms with Gasteiger partial charge in [-0.05, 0) is 0 Å². The van der Waals surface area contributed by atoms with Gasteiger partial charge in [0, 0.05) is 6.42 Å². The topological polar surface area (TPSA) is 20.2 Å². The lowest BCUT2D eigenvalue weighted by Crippen LogP contribution is -2.00. The van der Waals surface area contributed by atoms with Crippen LogP contribution in [0.2, 0.25) is 0 Å². The van der Waals surface area contributed by atoms with Crippen molar-refractivity contribution in [2.75, 3.05) is 6.67 Å². The number of rotatable bonds is 3. The molecule has 0 fully saturated rings. The molecule has 1 unspecified atom stereocenters. The summed E-state index contributed by atoms with van der Waals surface area (Å²) in [5, 5.41) is 8.50. The molecule has 0 aromatic rings. The smallest absolute Gasteiger partial charge is 0.0922 e. The molecule has 0 rings (SSSR count). The molecule has 0 aliphatic rings. The Morgan fingerprint density at radius 2 is 2.43 bits per heavy atom. The van der Waals surface area contributed by atoms with Crippen molar-refractivity contribution in [2.45, 2.75) is 12.5 Å². The Kier molecular flexibility index (Phi) is 3.61. The van der Waals surface area contributed by atoms with Crippen molar-refractivity contribution in [3.63, 3.8) is 0 Å². The molecular weight excluding hydrogens is 95.1 g/mol. The van der Waals surface area contributed by atoms with Crippen LogP contribution >= 0.6 is 0 Å². The molecule has 1 N–H and O–H groups in total. The molecule has 42 valence electrons. The zero-order valence-electron chi connectivity index (χ0n) is 4.10. The van der Waals surface area contributed by atoms with Gasteiger partial charge in [0.1, 0.15) is 0 Å². The highest BCUT2D eigenvalue weighted by molar-refractivity contribution is 4.76. The van der Waals surface area contributed by atoms with Crippen LogP contribution in [0.5, 0.6) is 0 Å². The van der Waals surface area contributed by atoms with Crippen molar-refractivity contribution in [1.82, 2.24) is 0 Å². The zero-order valence-corrected chi connectivity index (χ0v) is 4.10. The maximum Gasteiger partial charge on any atom is 0.0922 e. The van der Waals surface area contributed by atoms with E-state index in [-0.39, 0.29) is 6.42 Å². The van der Waals surface area contributed by atoms with Crippen LogP contribution in [0.25, 0.3) is 0 Å². The fourth-order valence-electron chi connectivity index (χ4n) is 0.230. The minimum Gasteiger partial charge on any atom is -0.389 e. The first kappa shape index (κ1) is 6.63. The van der Waals surface area contributed by atoms with E-state index in [0.717, 1.165) is 0 Å². The SMILES string of the molecule is C=CC(O)CCF. The fraction of sp³-hybridized carbons (Fsp3) is 0.600. The first-order valence-corrected chi connectivity index (χ1v) is 2.18. The van der Waals surface area contributed by atoms with Gasteiger partial charge in [0.05, 0.1) is 12.8 Å². The number of hydrogen-bond donors (Lipinski definition) is 1. The average Bonchev–Trinajstić information content (AvgIpc) is 1.68. The van der Waals surface area contributed by atoms with E-state index in [0.29, 0.717) is 0 Å². The van der Waals surface area contributed by atoms with E-state index in [9.17, 15) is 4.39 Å². The van der Waals surface area contributed by atoms with Crippen LogP contribution in [0.1, 0.15) is 6.42 Å². The normalized spacial score (nSPS) is 13.4. The van der Waals surface area contributed by atoms with Crippen molar-refractivity contribution in [3.05, 3.63) is 12.7 Å². The van der Waals surface area contributed by atoms with Gasteiger partial charge < -0.3 is 5.11 Å². The third kappa shape index (κ3) is 3.46. The van der Waals surface area contributed by atoms with E-state index in [1.807, 2.05) is 0 Å². The van der Waals surface area contributed by atoms with Gasteiger partial charge >= 0.3 is 0 Å². The second-order valence-corrected chi connectivity index (χ2v) is 1.28. The van der Waals surface area contributed by atoms with Gasteiger partial charge in [0.15, 0.2) is 0 Å². The highest BCUT2D eigenvalue weighted by Gasteiger charge is 1.93. The lowest BCUT2D eigenvalue weighted by Gasteiger charge is -1.96. The summed E-state index contributed by atoms with van der Waals surface area (Å²) >= 11 is 0. The van der Waals surface area contributed by atoms with E-state index >= 15 is 0 Å². The number of aliphatic hydroxyl groups excluding tert-OH is 1. The minimum absolute atomic E-state index is 0.170. The summed E-state index contributed by atoms with van der Waals surface area (Å²) in [7, 11) is 0. The average molecular weight is 104 g/mol. The predicted molar refractivity (Wildman–Crippen MR) is 26.8 cm³/mol. The van der Waals surface area contributed by atoms with Gasteiger partial charge in [-0.15, -0.1) is 6.58 Å². The van der Waals surface area contributed by atoms with Gasteiger partial charge in [-0.2, -0.15) is 0 Å². The summed E-state index contributed by atoms with van der Waals surface area (Å²) in [6.45, 7) is 2.78. The monoisotopic (exact) mass is 104 g/mol. The largest absolute Gasteiger partial charge is 0.389 e. The van der Waals surface area contributed by atoms with Crippen molar-refractivity contribution < 1.29 is 9.50 Å². The number of hydrogen-bond acceptors (Lipinski definition) is 1. The van der Waals surface area contributed by atoms with E-state index < -0.39 is 12.8 Å². The molecule has 1 atom stereocenters. The summed E-state index contributed by atoms with van der Waals surface area (Å²) in [5.74, 6) is 0. The van der Waals surface area contributed by atoms with E-state index in [2.05, 4.69) is 6.58 Å². The Morgan fingerprint density at radius 3 is 2.57 bits per heavy atom. The van der Waals surface area contributed by atoms with E-state index in [4.69, 9.17) is 5.11 Å². The molecule has 0 aromatic carbocycles. The second kappa shape index (κ2) is 3.81. The Bertz CT molecular complexity index is 54.0.